The normalized spacial score (nSPS) is 12.5. The number of rotatable bonds is 5. The summed E-state index contributed by atoms with van der Waals surface area (Å²) in [6, 6.07) is 3.59. The van der Waals surface area contributed by atoms with Gasteiger partial charge in [-0.15, -0.1) is 0 Å². The summed E-state index contributed by atoms with van der Waals surface area (Å²) in [5.41, 5.74) is 6.83. The van der Waals surface area contributed by atoms with Crippen molar-refractivity contribution in [3.05, 3.63) is 21.3 Å². The lowest BCUT2D eigenvalue weighted by Crippen LogP contribution is -2.11. The van der Waals surface area contributed by atoms with E-state index in [4.69, 9.17) is 10.5 Å². The first kappa shape index (κ1) is 13.6. The minimum Gasteiger partial charge on any atom is -0.504 e. The molecule has 0 bridgehead atoms. The molecule has 0 fully saturated rings. The van der Waals surface area contributed by atoms with E-state index in [1.54, 1.807) is 13.2 Å². The third kappa shape index (κ3) is 3.25. The van der Waals surface area contributed by atoms with Crippen LogP contribution in [0.2, 0.25) is 0 Å². The van der Waals surface area contributed by atoms with Crippen molar-refractivity contribution in [1.82, 2.24) is 0 Å². The Kier molecular flexibility index (Phi) is 5.34. The molecule has 0 saturated heterocycles. The van der Waals surface area contributed by atoms with Crippen LogP contribution in [0.25, 0.3) is 0 Å². The van der Waals surface area contributed by atoms with Crippen LogP contribution in [0.5, 0.6) is 11.5 Å². The zero-order valence-corrected chi connectivity index (χ0v) is 11.8. The molecule has 90 valence electrons. The molecule has 0 aliphatic carbocycles. The molecule has 1 rings (SSSR count). The summed E-state index contributed by atoms with van der Waals surface area (Å²) in [6.45, 7) is 2.13. The molecule has 4 heteroatoms. The van der Waals surface area contributed by atoms with E-state index < -0.39 is 0 Å². The number of hydrogen-bond donors (Lipinski definition) is 2. The summed E-state index contributed by atoms with van der Waals surface area (Å²) in [5, 5.41) is 9.97. The Hall–Kier alpha value is -0.490. The Morgan fingerprint density at radius 3 is 2.75 bits per heavy atom. The van der Waals surface area contributed by atoms with Gasteiger partial charge in [-0.1, -0.05) is 19.8 Å². The van der Waals surface area contributed by atoms with Gasteiger partial charge in [0.1, 0.15) is 0 Å². The Balaban J connectivity index is 2.98. The van der Waals surface area contributed by atoms with Crippen molar-refractivity contribution in [2.75, 3.05) is 7.11 Å². The molecule has 0 heterocycles. The molecule has 1 unspecified atom stereocenters. The molecule has 0 saturated carbocycles. The summed E-state index contributed by atoms with van der Waals surface area (Å²) in [6.07, 6.45) is 3.05. The minimum atomic E-state index is -0.122. The standard InChI is InChI=1S/C12H18INO2/c1-3-4-5-10(14)9-6-8(13)7-11(16-2)12(9)15/h6-7,10,15H,3-5,14H2,1-2H3. The highest BCUT2D eigenvalue weighted by molar-refractivity contribution is 14.1. The van der Waals surface area contributed by atoms with Crippen molar-refractivity contribution in [2.24, 2.45) is 5.73 Å². The molecular weight excluding hydrogens is 317 g/mol. The van der Waals surface area contributed by atoms with E-state index in [0.29, 0.717) is 5.75 Å². The van der Waals surface area contributed by atoms with Crippen LogP contribution in [0.3, 0.4) is 0 Å². The molecule has 0 radical (unpaired) electrons. The molecule has 16 heavy (non-hydrogen) atoms. The van der Waals surface area contributed by atoms with Crippen molar-refractivity contribution in [1.29, 1.82) is 0 Å². The van der Waals surface area contributed by atoms with Crippen molar-refractivity contribution in [3.8, 4) is 11.5 Å². The smallest absolute Gasteiger partial charge is 0.162 e. The van der Waals surface area contributed by atoms with Crippen molar-refractivity contribution in [3.63, 3.8) is 0 Å². The van der Waals surface area contributed by atoms with E-state index >= 15 is 0 Å². The van der Waals surface area contributed by atoms with Gasteiger partial charge in [-0.3, -0.25) is 0 Å². The highest BCUT2D eigenvalue weighted by Crippen LogP contribution is 2.36. The van der Waals surface area contributed by atoms with Gasteiger partial charge in [0.15, 0.2) is 11.5 Å². The average Bonchev–Trinajstić information content (AvgIpc) is 2.28. The maximum atomic E-state index is 9.97. The van der Waals surface area contributed by atoms with Gasteiger partial charge in [-0.25, -0.2) is 0 Å². The van der Waals surface area contributed by atoms with Crippen LogP contribution in [0, 0.1) is 3.57 Å². The second kappa shape index (κ2) is 6.30. The van der Waals surface area contributed by atoms with E-state index in [1.165, 1.54) is 0 Å². The molecule has 1 aromatic rings. The van der Waals surface area contributed by atoms with Crippen LogP contribution < -0.4 is 10.5 Å². The first-order valence-electron chi connectivity index (χ1n) is 5.42. The zero-order valence-electron chi connectivity index (χ0n) is 9.66. The van der Waals surface area contributed by atoms with Gasteiger partial charge in [-0.05, 0) is 41.1 Å². The molecule has 0 aromatic heterocycles. The molecule has 1 aromatic carbocycles. The predicted octanol–water partition coefficient (Wildman–Crippen LogP) is 3.20. The molecular formula is C12H18INO2. The largest absolute Gasteiger partial charge is 0.504 e. The Bertz CT molecular complexity index is 355. The van der Waals surface area contributed by atoms with Crippen LogP contribution in [-0.4, -0.2) is 12.2 Å². The summed E-state index contributed by atoms with van der Waals surface area (Å²) < 4.78 is 6.13. The zero-order chi connectivity index (χ0) is 12.1. The van der Waals surface area contributed by atoms with Crippen LogP contribution in [0.15, 0.2) is 12.1 Å². The lowest BCUT2D eigenvalue weighted by Gasteiger charge is -2.15. The second-order valence-electron chi connectivity index (χ2n) is 3.79. The molecule has 0 amide bonds. The van der Waals surface area contributed by atoms with Crippen LogP contribution >= 0.6 is 22.6 Å². The number of hydrogen-bond acceptors (Lipinski definition) is 3. The van der Waals surface area contributed by atoms with Gasteiger partial charge < -0.3 is 15.6 Å². The van der Waals surface area contributed by atoms with E-state index in [-0.39, 0.29) is 11.8 Å². The molecule has 0 aliphatic heterocycles. The molecule has 0 spiro atoms. The lowest BCUT2D eigenvalue weighted by atomic mass is 10.0. The van der Waals surface area contributed by atoms with E-state index in [2.05, 4.69) is 29.5 Å². The first-order valence-corrected chi connectivity index (χ1v) is 6.50. The maximum absolute atomic E-state index is 9.97. The Labute approximate surface area is 110 Å². The fourth-order valence-corrected chi connectivity index (χ4v) is 2.23. The molecule has 1 atom stereocenters. The molecule has 3 N–H and O–H groups in total. The summed E-state index contributed by atoms with van der Waals surface area (Å²) >= 11 is 2.20. The van der Waals surface area contributed by atoms with Crippen molar-refractivity contribution < 1.29 is 9.84 Å². The van der Waals surface area contributed by atoms with Crippen LogP contribution in [-0.2, 0) is 0 Å². The van der Waals surface area contributed by atoms with Gasteiger partial charge in [0, 0.05) is 15.2 Å². The fraction of sp³-hybridized carbons (Fsp3) is 0.500. The number of benzene rings is 1. The minimum absolute atomic E-state index is 0.122. The van der Waals surface area contributed by atoms with Crippen molar-refractivity contribution in [2.45, 2.75) is 32.2 Å². The van der Waals surface area contributed by atoms with E-state index in [0.717, 1.165) is 28.4 Å². The number of phenolic OH excluding ortho intramolecular Hbond substituents is 1. The van der Waals surface area contributed by atoms with Crippen LogP contribution in [0.1, 0.15) is 37.8 Å². The maximum Gasteiger partial charge on any atom is 0.162 e. The van der Waals surface area contributed by atoms with Crippen LogP contribution in [0.4, 0.5) is 0 Å². The average molecular weight is 335 g/mol. The highest BCUT2D eigenvalue weighted by Gasteiger charge is 2.15. The number of unbranched alkanes of at least 4 members (excludes halogenated alkanes) is 1. The number of methoxy groups -OCH3 is 1. The van der Waals surface area contributed by atoms with Crippen molar-refractivity contribution >= 4 is 22.6 Å². The predicted molar refractivity (Wildman–Crippen MR) is 73.8 cm³/mol. The fourth-order valence-electron chi connectivity index (χ4n) is 1.61. The number of halogens is 1. The first-order chi connectivity index (χ1) is 7.60. The number of nitrogens with two attached hydrogens (primary N) is 1. The summed E-state index contributed by atoms with van der Waals surface area (Å²) in [5.74, 6) is 0.667. The Morgan fingerprint density at radius 1 is 1.50 bits per heavy atom. The van der Waals surface area contributed by atoms with E-state index in [9.17, 15) is 5.11 Å². The number of phenols is 1. The summed E-state index contributed by atoms with van der Waals surface area (Å²) in [7, 11) is 1.55. The third-order valence-electron chi connectivity index (χ3n) is 2.56. The lowest BCUT2D eigenvalue weighted by molar-refractivity contribution is 0.367. The highest BCUT2D eigenvalue weighted by atomic mass is 127. The molecule has 0 aliphatic rings. The summed E-state index contributed by atoms with van der Waals surface area (Å²) in [4.78, 5) is 0. The van der Waals surface area contributed by atoms with Gasteiger partial charge >= 0.3 is 0 Å². The number of aromatic hydroxyl groups is 1. The van der Waals surface area contributed by atoms with Gasteiger partial charge in [0.25, 0.3) is 0 Å². The quantitative estimate of drug-likeness (QED) is 0.813. The number of ether oxygens (including phenoxy) is 1. The van der Waals surface area contributed by atoms with Gasteiger partial charge in [0.2, 0.25) is 0 Å². The Morgan fingerprint density at radius 2 is 2.19 bits per heavy atom. The van der Waals surface area contributed by atoms with Gasteiger partial charge in [0.05, 0.1) is 7.11 Å². The topological polar surface area (TPSA) is 55.5 Å². The SMILES string of the molecule is CCCCC(N)c1cc(I)cc(OC)c1O. The van der Waals surface area contributed by atoms with E-state index in [1.807, 2.05) is 6.07 Å². The molecule has 3 nitrogen and oxygen atoms in total. The third-order valence-corrected chi connectivity index (χ3v) is 3.18. The monoisotopic (exact) mass is 335 g/mol. The van der Waals surface area contributed by atoms with Gasteiger partial charge in [-0.2, -0.15) is 0 Å². The second-order valence-corrected chi connectivity index (χ2v) is 5.04.